The van der Waals surface area contributed by atoms with Gasteiger partial charge in [-0.05, 0) is 67.5 Å². The van der Waals surface area contributed by atoms with Crippen molar-refractivity contribution in [3.63, 3.8) is 0 Å². The number of piperidine rings is 2. The number of ether oxygens (including phenoxy) is 2. The molecule has 6 nitrogen and oxygen atoms in total. The first kappa shape index (κ1) is 25.1. The number of hydrogen-bond acceptors (Lipinski definition) is 6. The molecule has 0 N–H and O–H groups in total. The Morgan fingerprint density at radius 3 is 1.43 bits per heavy atom. The molecular weight excluding hydrogens is 380 g/mol. The van der Waals surface area contributed by atoms with E-state index in [1.54, 1.807) is 0 Å². The van der Waals surface area contributed by atoms with Crippen LogP contribution in [0.1, 0.15) is 80.1 Å². The summed E-state index contributed by atoms with van der Waals surface area (Å²) in [6, 6.07) is 0. The van der Waals surface area contributed by atoms with Crippen molar-refractivity contribution in [1.82, 2.24) is 9.80 Å². The lowest BCUT2D eigenvalue weighted by molar-refractivity contribution is -0.161. The van der Waals surface area contributed by atoms with Crippen LogP contribution in [-0.2, 0) is 19.1 Å². The molecule has 0 aromatic heterocycles. The summed E-state index contributed by atoms with van der Waals surface area (Å²) in [5.74, 6) is 0.282. The maximum atomic E-state index is 12.3. The van der Waals surface area contributed by atoms with Crippen molar-refractivity contribution in [1.29, 1.82) is 0 Å². The molecule has 6 heteroatoms. The molecule has 0 aromatic carbocycles. The maximum absolute atomic E-state index is 12.3. The molecule has 2 aliphatic rings. The van der Waals surface area contributed by atoms with Gasteiger partial charge in [-0.3, -0.25) is 9.59 Å². The molecule has 0 saturated carbocycles. The van der Waals surface area contributed by atoms with E-state index >= 15 is 0 Å². The van der Waals surface area contributed by atoms with Gasteiger partial charge in [0.25, 0.3) is 0 Å². The van der Waals surface area contributed by atoms with E-state index in [2.05, 4.69) is 65.4 Å². The number of carbonyl (C=O) groups is 2. The molecule has 2 aliphatic heterocycles. The molecule has 0 aromatic rings. The fraction of sp³-hybridized carbons (Fsp3) is 0.917. The van der Waals surface area contributed by atoms with Gasteiger partial charge >= 0.3 is 11.9 Å². The minimum atomic E-state index is -0.147. The van der Waals surface area contributed by atoms with Gasteiger partial charge in [-0.15, -0.1) is 0 Å². The third-order valence-electron chi connectivity index (χ3n) is 8.39. The van der Waals surface area contributed by atoms with Crippen LogP contribution < -0.4 is 0 Å². The van der Waals surface area contributed by atoms with Crippen LogP contribution in [0.15, 0.2) is 0 Å². The van der Waals surface area contributed by atoms with E-state index in [-0.39, 0.29) is 47.1 Å². The number of carbonyl (C=O) groups excluding carboxylic acids is 2. The van der Waals surface area contributed by atoms with Gasteiger partial charge < -0.3 is 19.3 Å². The van der Waals surface area contributed by atoms with Crippen LogP contribution >= 0.6 is 0 Å². The van der Waals surface area contributed by atoms with Crippen LogP contribution in [-0.4, -0.2) is 72.2 Å². The average molecular weight is 425 g/mol. The zero-order chi connectivity index (χ0) is 22.7. The van der Waals surface area contributed by atoms with Crippen LogP contribution in [0.3, 0.4) is 0 Å². The van der Waals surface area contributed by atoms with Crippen molar-refractivity contribution in [3.8, 4) is 0 Å². The van der Waals surface area contributed by atoms with Crippen molar-refractivity contribution in [2.75, 3.05) is 27.2 Å². The summed E-state index contributed by atoms with van der Waals surface area (Å²) in [7, 11) is 4.25. The number of nitrogens with zero attached hydrogens (tertiary/aromatic N) is 2. The quantitative estimate of drug-likeness (QED) is 0.457. The Morgan fingerprint density at radius 1 is 0.767 bits per heavy atom. The minimum Gasteiger partial charge on any atom is -0.462 e. The Hall–Kier alpha value is -1.14. The number of likely N-dealkylation sites (tertiary alicyclic amines) is 2. The highest BCUT2D eigenvalue weighted by Gasteiger charge is 2.42. The van der Waals surface area contributed by atoms with E-state index < -0.39 is 0 Å². The monoisotopic (exact) mass is 424 g/mol. The van der Waals surface area contributed by atoms with Crippen molar-refractivity contribution in [2.45, 2.75) is 103 Å². The molecule has 0 aliphatic carbocycles. The Bertz CT molecular complexity index is 552. The molecule has 0 radical (unpaired) electrons. The number of esters is 2. The highest BCUT2D eigenvalue weighted by molar-refractivity contribution is 5.71. The Balaban J connectivity index is 1.67. The Labute approximate surface area is 183 Å². The van der Waals surface area contributed by atoms with Crippen LogP contribution in [0.2, 0.25) is 0 Å². The van der Waals surface area contributed by atoms with Crippen LogP contribution in [0, 0.1) is 11.8 Å². The molecule has 0 spiro atoms. The molecule has 4 atom stereocenters. The van der Waals surface area contributed by atoms with E-state index in [0.717, 1.165) is 25.9 Å². The van der Waals surface area contributed by atoms with Gasteiger partial charge in [-0.2, -0.15) is 0 Å². The molecule has 2 heterocycles. The van der Waals surface area contributed by atoms with E-state index in [0.29, 0.717) is 25.7 Å². The van der Waals surface area contributed by atoms with Crippen molar-refractivity contribution >= 4 is 11.9 Å². The fourth-order valence-electron chi connectivity index (χ4n) is 4.64. The van der Waals surface area contributed by atoms with Gasteiger partial charge in [0.2, 0.25) is 0 Å². The largest absolute Gasteiger partial charge is 0.462 e. The second kappa shape index (κ2) is 9.99. The predicted molar refractivity (Wildman–Crippen MR) is 119 cm³/mol. The molecule has 0 amide bonds. The zero-order valence-electron chi connectivity index (χ0n) is 20.5. The van der Waals surface area contributed by atoms with Gasteiger partial charge in [0.1, 0.15) is 12.2 Å². The lowest BCUT2D eigenvalue weighted by Crippen LogP contribution is -2.56. The van der Waals surface area contributed by atoms with Gasteiger partial charge in [0, 0.05) is 48.8 Å². The van der Waals surface area contributed by atoms with Crippen molar-refractivity contribution in [2.24, 2.45) is 11.8 Å². The predicted octanol–water partition coefficient (Wildman–Crippen LogP) is 3.87. The second-order valence-corrected chi connectivity index (χ2v) is 10.6. The number of unbranched alkanes of at least 4 members (excludes halogenated alkanes) is 1. The SMILES string of the molecule is CC1C(OC(=O)CCCCC(=O)OC2CCN(C)C(C)(C)C2C)CCN(C)C1(C)C. The molecular formula is C24H44N2O4. The third kappa shape index (κ3) is 5.76. The smallest absolute Gasteiger partial charge is 0.306 e. The number of rotatable bonds is 7. The van der Waals surface area contributed by atoms with E-state index in [4.69, 9.17) is 9.47 Å². The molecule has 2 saturated heterocycles. The molecule has 2 fully saturated rings. The standard InChI is InChI=1S/C24H44N2O4/c1-17-19(13-15-25(7)23(17,3)4)29-21(27)11-9-10-12-22(28)30-20-14-16-26(8)24(5,6)18(20)2/h17-20H,9-16H2,1-8H3. The van der Waals surface area contributed by atoms with E-state index in [9.17, 15) is 9.59 Å². The first-order chi connectivity index (χ1) is 13.9. The first-order valence-electron chi connectivity index (χ1n) is 11.7. The van der Waals surface area contributed by atoms with Crippen molar-refractivity contribution < 1.29 is 19.1 Å². The highest BCUT2D eigenvalue weighted by Crippen LogP contribution is 2.35. The molecule has 30 heavy (non-hydrogen) atoms. The second-order valence-electron chi connectivity index (χ2n) is 10.6. The van der Waals surface area contributed by atoms with Gasteiger partial charge in [0.15, 0.2) is 0 Å². The van der Waals surface area contributed by atoms with Crippen molar-refractivity contribution in [3.05, 3.63) is 0 Å². The number of hydrogen-bond donors (Lipinski definition) is 0. The summed E-state index contributed by atoms with van der Waals surface area (Å²) < 4.78 is 11.6. The van der Waals surface area contributed by atoms with Gasteiger partial charge in [-0.1, -0.05) is 13.8 Å². The molecule has 4 unspecified atom stereocenters. The van der Waals surface area contributed by atoms with Crippen LogP contribution in [0.4, 0.5) is 0 Å². The van der Waals surface area contributed by atoms with Gasteiger partial charge in [-0.25, -0.2) is 0 Å². The Kier molecular flexibility index (Phi) is 8.36. The summed E-state index contributed by atoms with van der Waals surface area (Å²) in [5, 5.41) is 0. The molecule has 174 valence electrons. The lowest BCUT2D eigenvalue weighted by Gasteiger charge is -2.48. The topological polar surface area (TPSA) is 59.1 Å². The minimum absolute atomic E-state index is 0.0204. The normalized spacial score (nSPS) is 31.9. The summed E-state index contributed by atoms with van der Waals surface area (Å²) in [4.78, 5) is 29.3. The lowest BCUT2D eigenvalue weighted by atomic mass is 9.79. The summed E-state index contributed by atoms with van der Waals surface area (Å²) >= 11 is 0. The fourth-order valence-corrected chi connectivity index (χ4v) is 4.64. The van der Waals surface area contributed by atoms with Gasteiger partial charge in [0.05, 0.1) is 0 Å². The van der Waals surface area contributed by atoms with E-state index in [1.165, 1.54) is 0 Å². The summed E-state index contributed by atoms with van der Waals surface area (Å²) in [6.45, 7) is 15.0. The summed E-state index contributed by atoms with van der Waals surface area (Å²) in [5.41, 5.74) is 0.0408. The average Bonchev–Trinajstić information content (AvgIpc) is 2.67. The Morgan fingerprint density at radius 2 is 1.10 bits per heavy atom. The zero-order valence-corrected chi connectivity index (χ0v) is 20.5. The highest BCUT2D eigenvalue weighted by atomic mass is 16.5. The van der Waals surface area contributed by atoms with Crippen LogP contribution in [0.25, 0.3) is 0 Å². The maximum Gasteiger partial charge on any atom is 0.306 e. The summed E-state index contributed by atoms with van der Waals surface area (Å²) in [6.07, 6.45) is 3.76. The molecule has 2 rings (SSSR count). The van der Waals surface area contributed by atoms with E-state index in [1.807, 2.05) is 0 Å². The van der Waals surface area contributed by atoms with Crippen LogP contribution in [0.5, 0.6) is 0 Å². The molecule has 0 bridgehead atoms. The first-order valence-corrected chi connectivity index (χ1v) is 11.7. The third-order valence-corrected chi connectivity index (χ3v) is 8.39.